The largest absolute Gasteiger partial charge is 0.328 e. The second-order valence-corrected chi connectivity index (χ2v) is 7.38. The molecule has 2 aromatic rings. The highest BCUT2D eigenvalue weighted by molar-refractivity contribution is 5.19. The van der Waals surface area contributed by atoms with Gasteiger partial charge in [-0.25, -0.2) is 0 Å². The maximum absolute atomic E-state index is 6.20. The standard InChI is InChI=1S/C22H30N2/c1-24(17-14-19-8-4-2-5-9-19)22(15-12-21(23)13-16-22)18-20-10-6-3-7-11-20/h2-11,21H,12-18,23H2,1H3. The molecule has 2 aromatic carbocycles. The maximum Gasteiger partial charge on any atom is 0.0248 e. The zero-order valence-corrected chi connectivity index (χ0v) is 14.8. The predicted molar refractivity (Wildman–Crippen MR) is 102 cm³/mol. The molecule has 0 unspecified atom stereocenters. The summed E-state index contributed by atoms with van der Waals surface area (Å²) in [4.78, 5) is 2.61. The second kappa shape index (κ2) is 7.96. The highest BCUT2D eigenvalue weighted by Gasteiger charge is 2.37. The SMILES string of the molecule is CN(CCc1ccccc1)C1(Cc2ccccc2)CCC(N)CC1. The first-order valence-electron chi connectivity index (χ1n) is 9.23. The molecule has 2 N–H and O–H groups in total. The molecular weight excluding hydrogens is 292 g/mol. The summed E-state index contributed by atoms with van der Waals surface area (Å²) in [5, 5.41) is 0. The summed E-state index contributed by atoms with van der Waals surface area (Å²) in [6.45, 7) is 1.10. The Morgan fingerprint density at radius 2 is 1.46 bits per heavy atom. The first kappa shape index (κ1) is 17.2. The number of hydrogen-bond donors (Lipinski definition) is 1. The van der Waals surface area contributed by atoms with E-state index >= 15 is 0 Å². The molecule has 1 fully saturated rings. The number of nitrogens with zero attached hydrogens (tertiary/aromatic N) is 1. The molecule has 0 atom stereocenters. The summed E-state index contributed by atoms with van der Waals surface area (Å²) in [6, 6.07) is 22.1. The molecule has 3 rings (SSSR count). The summed E-state index contributed by atoms with van der Waals surface area (Å²) in [7, 11) is 2.31. The zero-order chi connectivity index (χ0) is 16.8. The molecule has 2 heteroatoms. The summed E-state index contributed by atoms with van der Waals surface area (Å²) < 4.78 is 0. The minimum atomic E-state index is 0.256. The first-order valence-corrected chi connectivity index (χ1v) is 9.23. The van der Waals surface area contributed by atoms with Crippen LogP contribution in [-0.4, -0.2) is 30.1 Å². The van der Waals surface area contributed by atoms with Crippen molar-refractivity contribution in [2.75, 3.05) is 13.6 Å². The van der Waals surface area contributed by atoms with Gasteiger partial charge in [-0.3, -0.25) is 0 Å². The molecule has 0 aliphatic heterocycles. The van der Waals surface area contributed by atoms with Crippen molar-refractivity contribution >= 4 is 0 Å². The van der Waals surface area contributed by atoms with E-state index < -0.39 is 0 Å². The maximum atomic E-state index is 6.20. The third-order valence-corrected chi connectivity index (χ3v) is 5.73. The molecule has 128 valence electrons. The van der Waals surface area contributed by atoms with Crippen LogP contribution in [0.5, 0.6) is 0 Å². The minimum absolute atomic E-state index is 0.256. The van der Waals surface area contributed by atoms with E-state index in [0.717, 1.165) is 32.2 Å². The van der Waals surface area contributed by atoms with E-state index in [-0.39, 0.29) is 5.54 Å². The normalized spacial score (nSPS) is 24.2. The van der Waals surface area contributed by atoms with Crippen molar-refractivity contribution in [2.24, 2.45) is 5.73 Å². The van der Waals surface area contributed by atoms with Crippen molar-refractivity contribution in [3.8, 4) is 0 Å². The molecule has 0 aromatic heterocycles. The van der Waals surface area contributed by atoms with Gasteiger partial charge in [0.2, 0.25) is 0 Å². The summed E-state index contributed by atoms with van der Waals surface area (Å²) in [5.74, 6) is 0. The van der Waals surface area contributed by atoms with Gasteiger partial charge in [0.05, 0.1) is 0 Å². The number of hydrogen-bond acceptors (Lipinski definition) is 2. The lowest BCUT2D eigenvalue weighted by Crippen LogP contribution is -2.52. The second-order valence-electron chi connectivity index (χ2n) is 7.38. The van der Waals surface area contributed by atoms with Gasteiger partial charge in [0.1, 0.15) is 0 Å². The van der Waals surface area contributed by atoms with Crippen molar-refractivity contribution in [3.63, 3.8) is 0 Å². The van der Waals surface area contributed by atoms with Gasteiger partial charge in [-0.15, -0.1) is 0 Å². The molecule has 0 bridgehead atoms. The topological polar surface area (TPSA) is 29.3 Å². The van der Waals surface area contributed by atoms with Crippen LogP contribution in [0.2, 0.25) is 0 Å². The molecule has 0 amide bonds. The molecule has 0 spiro atoms. The molecule has 0 heterocycles. The monoisotopic (exact) mass is 322 g/mol. The third-order valence-electron chi connectivity index (χ3n) is 5.73. The van der Waals surface area contributed by atoms with Gasteiger partial charge < -0.3 is 10.6 Å². The molecule has 2 nitrogen and oxygen atoms in total. The predicted octanol–water partition coefficient (Wildman–Crippen LogP) is 4.04. The van der Waals surface area contributed by atoms with Crippen LogP contribution in [0.1, 0.15) is 36.8 Å². The Hall–Kier alpha value is -1.64. The van der Waals surface area contributed by atoms with E-state index in [1.165, 1.54) is 24.0 Å². The van der Waals surface area contributed by atoms with Crippen LogP contribution in [0, 0.1) is 0 Å². The van der Waals surface area contributed by atoms with E-state index in [1.54, 1.807) is 0 Å². The van der Waals surface area contributed by atoms with Gasteiger partial charge in [-0.1, -0.05) is 60.7 Å². The van der Waals surface area contributed by atoms with Gasteiger partial charge in [0, 0.05) is 18.1 Å². The smallest absolute Gasteiger partial charge is 0.0248 e. The Morgan fingerprint density at radius 3 is 2.04 bits per heavy atom. The van der Waals surface area contributed by atoms with Crippen LogP contribution in [0.15, 0.2) is 60.7 Å². The zero-order valence-electron chi connectivity index (χ0n) is 14.8. The van der Waals surface area contributed by atoms with Gasteiger partial charge in [-0.2, -0.15) is 0 Å². The number of nitrogens with two attached hydrogens (primary N) is 1. The Labute approximate surface area is 146 Å². The average Bonchev–Trinajstić information content (AvgIpc) is 2.63. The fourth-order valence-corrected chi connectivity index (χ4v) is 4.03. The van der Waals surface area contributed by atoms with Crippen LogP contribution < -0.4 is 5.73 Å². The minimum Gasteiger partial charge on any atom is -0.328 e. The molecule has 24 heavy (non-hydrogen) atoms. The first-order chi connectivity index (χ1) is 11.7. The lowest BCUT2D eigenvalue weighted by atomic mass is 9.74. The molecule has 1 saturated carbocycles. The van der Waals surface area contributed by atoms with Crippen molar-refractivity contribution in [3.05, 3.63) is 71.8 Å². The van der Waals surface area contributed by atoms with Crippen molar-refractivity contribution in [2.45, 2.75) is 50.1 Å². The van der Waals surface area contributed by atoms with Gasteiger partial charge >= 0.3 is 0 Å². The fraction of sp³-hybridized carbons (Fsp3) is 0.455. The lowest BCUT2D eigenvalue weighted by Gasteiger charge is -2.46. The Balaban J connectivity index is 1.71. The Morgan fingerprint density at radius 1 is 0.917 bits per heavy atom. The van der Waals surface area contributed by atoms with Crippen molar-refractivity contribution in [1.29, 1.82) is 0 Å². The van der Waals surface area contributed by atoms with E-state index in [0.29, 0.717) is 6.04 Å². The summed E-state index contributed by atoms with van der Waals surface area (Å²) in [6.07, 6.45) is 6.93. The van der Waals surface area contributed by atoms with Gasteiger partial charge in [0.15, 0.2) is 0 Å². The molecular formula is C22H30N2. The van der Waals surface area contributed by atoms with Crippen LogP contribution in [0.4, 0.5) is 0 Å². The Bertz CT molecular complexity index is 600. The van der Waals surface area contributed by atoms with E-state index in [1.807, 2.05) is 0 Å². The number of benzene rings is 2. The van der Waals surface area contributed by atoms with E-state index in [9.17, 15) is 0 Å². The van der Waals surface area contributed by atoms with E-state index in [2.05, 4.69) is 72.6 Å². The van der Waals surface area contributed by atoms with Crippen LogP contribution >= 0.6 is 0 Å². The fourth-order valence-electron chi connectivity index (χ4n) is 4.03. The molecule has 0 saturated heterocycles. The van der Waals surface area contributed by atoms with Gasteiger partial charge in [0.25, 0.3) is 0 Å². The lowest BCUT2D eigenvalue weighted by molar-refractivity contribution is 0.0701. The molecule has 0 radical (unpaired) electrons. The Kier molecular flexibility index (Phi) is 5.70. The highest BCUT2D eigenvalue weighted by atomic mass is 15.2. The molecule has 1 aliphatic rings. The number of likely N-dealkylation sites (N-methyl/N-ethyl adjacent to an activating group) is 1. The van der Waals surface area contributed by atoms with Gasteiger partial charge in [-0.05, 0) is 56.7 Å². The van der Waals surface area contributed by atoms with Crippen LogP contribution in [-0.2, 0) is 12.8 Å². The highest BCUT2D eigenvalue weighted by Crippen LogP contribution is 2.35. The number of rotatable bonds is 6. The van der Waals surface area contributed by atoms with E-state index in [4.69, 9.17) is 5.73 Å². The van der Waals surface area contributed by atoms with Crippen molar-refractivity contribution in [1.82, 2.24) is 4.90 Å². The summed E-state index contributed by atoms with van der Waals surface area (Å²) in [5.41, 5.74) is 9.32. The third kappa shape index (κ3) is 4.25. The molecule has 1 aliphatic carbocycles. The van der Waals surface area contributed by atoms with Crippen molar-refractivity contribution < 1.29 is 0 Å². The van der Waals surface area contributed by atoms with Crippen LogP contribution in [0.3, 0.4) is 0 Å². The quantitative estimate of drug-likeness (QED) is 0.869. The summed E-state index contributed by atoms with van der Waals surface area (Å²) >= 11 is 0. The average molecular weight is 322 g/mol. The van der Waals surface area contributed by atoms with Crippen LogP contribution in [0.25, 0.3) is 0 Å².